The average Bonchev–Trinajstić information content (AvgIpc) is 3.30. The number of likely N-dealkylation sites (tertiary alicyclic amines) is 1. The van der Waals surface area contributed by atoms with Crippen molar-refractivity contribution in [3.05, 3.63) is 60.2 Å². The summed E-state index contributed by atoms with van der Waals surface area (Å²) in [4.78, 5) is 15.0. The predicted molar refractivity (Wildman–Crippen MR) is 96.6 cm³/mol. The second kappa shape index (κ2) is 7.07. The summed E-state index contributed by atoms with van der Waals surface area (Å²) in [5.74, 6) is 0.865. The highest BCUT2D eigenvalue weighted by atomic mass is 16.3. The van der Waals surface area contributed by atoms with Crippen molar-refractivity contribution >= 4 is 5.91 Å². The molecular formula is C20H21N3O3. The Bertz CT molecular complexity index is 885. The molecule has 1 atom stereocenters. The molecule has 6 heteroatoms. The smallest absolute Gasteiger partial charge is 0.272 e. The lowest BCUT2D eigenvalue weighted by atomic mass is 10.1. The van der Waals surface area contributed by atoms with E-state index in [9.17, 15) is 9.90 Å². The van der Waals surface area contributed by atoms with E-state index in [4.69, 9.17) is 4.42 Å². The maximum absolute atomic E-state index is 13.1. The van der Waals surface area contributed by atoms with Gasteiger partial charge < -0.3 is 14.4 Å². The lowest BCUT2D eigenvalue weighted by Gasteiger charge is -2.28. The highest BCUT2D eigenvalue weighted by molar-refractivity contribution is 5.93. The number of phenolic OH excluding ortho intramolecular Hbond substituents is 1. The van der Waals surface area contributed by atoms with Gasteiger partial charge in [0.05, 0.1) is 18.0 Å². The van der Waals surface area contributed by atoms with Gasteiger partial charge in [0.2, 0.25) is 0 Å². The first-order chi connectivity index (χ1) is 12.7. The first-order valence-electron chi connectivity index (χ1n) is 8.92. The monoisotopic (exact) mass is 351 g/mol. The summed E-state index contributed by atoms with van der Waals surface area (Å²) in [7, 11) is 0. The van der Waals surface area contributed by atoms with Gasteiger partial charge in [-0.2, -0.15) is 5.10 Å². The van der Waals surface area contributed by atoms with E-state index >= 15 is 0 Å². The Kier molecular flexibility index (Phi) is 4.48. The third-order valence-electron chi connectivity index (χ3n) is 4.87. The summed E-state index contributed by atoms with van der Waals surface area (Å²) in [6.45, 7) is 0.690. The predicted octanol–water partition coefficient (Wildman–Crippen LogP) is 4.13. The zero-order valence-corrected chi connectivity index (χ0v) is 14.4. The van der Waals surface area contributed by atoms with E-state index in [1.165, 1.54) is 0 Å². The number of nitrogens with zero attached hydrogens (tertiary/aromatic N) is 2. The number of aromatic hydroxyl groups is 1. The fourth-order valence-corrected chi connectivity index (χ4v) is 3.54. The van der Waals surface area contributed by atoms with Crippen LogP contribution in [-0.4, -0.2) is 32.7 Å². The number of amides is 1. The standard InChI is InChI=1S/C20H21N3O3/c24-18-9-4-3-7-14(18)15-13-16(22-21-15)20(25)23-11-5-1-2-8-17(23)19-10-6-12-26-19/h3-4,6-7,9-10,12-13,17,24H,1-2,5,8,11H2,(H,21,22). The van der Waals surface area contributed by atoms with Gasteiger partial charge in [0, 0.05) is 12.1 Å². The van der Waals surface area contributed by atoms with E-state index in [2.05, 4.69) is 10.2 Å². The number of aromatic amines is 1. The molecule has 1 fully saturated rings. The summed E-state index contributed by atoms with van der Waals surface area (Å²) in [5.41, 5.74) is 1.57. The minimum absolute atomic E-state index is 0.0584. The molecule has 1 aliphatic heterocycles. The number of carbonyl (C=O) groups is 1. The highest BCUT2D eigenvalue weighted by Crippen LogP contribution is 2.32. The SMILES string of the molecule is O=C(c1cc(-c2ccccc2O)n[nH]1)N1CCCCCC1c1ccco1. The van der Waals surface area contributed by atoms with Gasteiger partial charge in [-0.25, -0.2) is 0 Å². The molecule has 0 aliphatic carbocycles. The van der Waals surface area contributed by atoms with Crippen LogP contribution in [0.2, 0.25) is 0 Å². The number of rotatable bonds is 3. The van der Waals surface area contributed by atoms with Crippen LogP contribution in [0.1, 0.15) is 48.0 Å². The fourth-order valence-electron chi connectivity index (χ4n) is 3.54. The van der Waals surface area contributed by atoms with Crippen molar-refractivity contribution in [2.24, 2.45) is 0 Å². The van der Waals surface area contributed by atoms with Crippen LogP contribution in [0.25, 0.3) is 11.3 Å². The first-order valence-corrected chi connectivity index (χ1v) is 8.92. The number of benzene rings is 1. The van der Waals surface area contributed by atoms with Crippen LogP contribution in [0.3, 0.4) is 0 Å². The number of H-pyrrole nitrogens is 1. The summed E-state index contributed by atoms with van der Waals surface area (Å²) in [6.07, 6.45) is 5.69. The number of hydrogen-bond acceptors (Lipinski definition) is 4. The van der Waals surface area contributed by atoms with Crippen molar-refractivity contribution in [3.8, 4) is 17.0 Å². The van der Waals surface area contributed by atoms with Crippen molar-refractivity contribution < 1.29 is 14.3 Å². The van der Waals surface area contributed by atoms with E-state index in [-0.39, 0.29) is 17.7 Å². The third-order valence-corrected chi connectivity index (χ3v) is 4.87. The fraction of sp³-hybridized carbons (Fsp3) is 0.300. The summed E-state index contributed by atoms with van der Waals surface area (Å²) >= 11 is 0. The van der Waals surface area contributed by atoms with Gasteiger partial charge in [0.15, 0.2) is 0 Å². The number of nitrogens with one attached hydrogen (secondary N) is 1. The highest BCUT2D eigenvalue weighted by Gasteiger charge is 2.30. The number of carbonyl (C=O) groups excluding carboxylic acids is 1. The molecule has 134 valence electrons. The second-order valence-electron chi connectivity index (χ2n) is 6.56. The number of para-hydroxylation sites is 1. The molecule has 0 radical (unpaired) electrons. The Morgan fingerprint density at radius 1 is 1.19 bits per heavy atom. The quantitative estimate of drug-likeness (QED) is 0.743. The molecule has 0 bridgehead atoms. The number of aromatic nitrogens is 2. The van der Waals surface area contributed by atoms with Gasteiger partial charge in [0.25, 0.3) is 5.91 Å². The van der Waals surface area contributed by atoms with E-state index in [1.54, 1.807) is 30.5 Å². The Morgan fingerprint density at radius 3 is 2.88 bits per heavy atom. The normalized spacial score (nSPS) is 17.8. The van der Waals surface area contributed by atoms with Gasteiger partial charge in [-0.05, 0) is 43.2 Å². The first kappa shape index (κ1) is 16.4. The molecule has 0 saturated carbocycles. The van der Waals surface area contributed by atoms with E-state index < -0.39 is 0 Å². The molecular weight excluding hydrogens is 330 g/mol. The Hall–Kier alpha value is -3.02. The van der Waals surface area contributed by atoms with Gasteiger partial charge in [-0.3, -0.25) is 9.89 Å². The third kappa shape index (κ3) is 3.10. The minimum atomic E-state index is -0.0949. The Morgan fingerprint density at radius 2 is 2.08 bits per heavy atom. The van der Waals surface area contributed by atoms with Crippen LogP contribution in [0.5, 0.6) is 5.75 Å². The molecule has 3 heterocycles. The topological polar surface area (TPSA) is 82.4 Å². The lowest BCUT2D eigenvalue weighted by molar-refractivity contribution is 0.0652. The van der Waals surface area contributed by atoms with Crippen LogP contribution < -0.4 is 0 Å². The number of phenols is 1. The minimum Gasteiger partial charge on any atom is -0.507 e. The summed E-state index contributed by atoms with van der Waals surface area (Å²) in [5, 5.41) is 17.1. The van der Waals surface area contributed by atoms with Crippen molar-refractivity contribution in [1.29, 1.82) is 0 Å². The van der Waals surface area contributed by atoms with Crippen LogP contribution in [0, 0.1) is 0 Å². The molecule has 2 N–H and O–H groups in total. The Labute approximate surface area is 151 Å². The van der Waals surface area contributed by atoms with Crippen LogP contribution >= 0.6 is 0 Å². The maximum Gasteiger partial charge on any atom is 0.272 e. The largest absolute Gasteiger partial charge is 0.507 e. The summed E-state index contributed by atoms with van der Waals surface area (Å²) < 4.78 is 5.58. The number of furan rings is 1. The summed E-state index contributed by atoms with van der Waals surface area (Å²) in [6, 6.07) is 12.4. The van der Waals surface area contributed by atoms with Gasteiger partial charge in [0.1, 0.15) is 17.2 Å². The lowest BCUT2D eigenvalue weighted by Crippen LogP contribution is -2.34. The molecule has 3 aromatic rings. The van der Waals surface area contributed by atoms with E-state index in [0.29, 0.717) is 23.5 Å². The molecule has 4 rings (SSSR count). The molecule has 2 aromatic heterocycles. The maximum atomic E-state index is 13.1. The van der Waals surface area contributed by atoms with Crippen molar-refractivity contribution in [2.75, 3.05) is 6.54 Å². The van der Waals surface area contributed by atoms with Gasteiger partial charge in [-0.15, -0.1) is 0 Å². The molecule has 1 aromatic carbocycles. The zero-order valence-electron chi connectivity index (χ0n) is 14.4. The van der Waals surface area contributed by atoms with Crippen LogP contribution in [0.15, 0.2) is 53.1 Å². The van der Waals surface area contributed by atoms with Crippen LogP contribution in [-0.2, 0) is 0 Å². The molecule has 1 unspecified atom stereocenters. The zero-order chi connectivity index (χ0) is 17.9. The molecule has 26 heavy (non-hydrogen) atoms. The average molecular weight is 351 g/mol. The second-order valence-corrected chi connectivity index (χ2v) is 6.56. The van der Waals surface area contributed by atoms with Gasteiger partial charge >= 0.3 is 0 Å². The molecule has 1 aliphatic rings. The molecule has 1 amide bonds. The molecule has 0 spiro atoms. The van der Waals surface area contributed by atoms with Crippen LogP contribution in [0.4, 0.5) is 0 Å². The van der Waals surface area contributed by atoms with Crippen molar-refractivity contribution in [2.45, 2.75) is 31.7 Å². The van der Waals surface area contributed by atoms with E-state index in [0.717, 1.165) is 31.4 Å². The number of hydrogen-bond donors (Lipinski definition) is 2. The van der Waals surface area contributed by atoms with Crippen molar-refractivity contribution in [3.63, 3.8) is 0 Å². The Balaban J connectivity index is 1.63. The van der Waals surface area contributed by atoms with E-state index in [1.807, 2.05) is 23.1 Å². The molecule has 1 saturated heterocycles. The molecule has 6 nitrogen and oxygen atoms in total. The van der Waals surface area contributed by atoms with Crippen molar-refractivity contribution in [1.82, 2.24) is 15.1 Å². The van der Waals surface area contributed by atoms with Gasteiger partial charge in [-0.1, -0.05) is 25.0 Å².